The fourth-order valence-corrected chi connectivity index (χ4v) is 2.97. The number of benzene rings is 2. The first-order valence-electron chi connectivity index (χ1n) is 7.30. The normalized spacial score (nSPS) is 16.5. The maximum Gasteiger partial charge on any atom is 0.227 e. The van der Waals surface area contributed by atoms with E-state index in [9.17, 15) is 9.18 Å². The first-order valence-corrected chi connectivity index (χ1v) is 7.30. The molecule has 0 N–H and O–H groups in total. The molecule has 22 heavy (non-hydrogen) atoms. The molecule has 4 heteroatoms. The number of carbonyl (C=O) groups is 1. The molecule has 1 aliphatic heterocycles. The minimum absolute atomic E-state index is 0.00765. The molecular formula is C18H18FNO2. The lowest BCUT2D eigenvalue weighted by Crippen LogP contribution is -2.29. The molecule has 0 saturated heterocycles. The van der Waals surface area contributed by atoms with Crippen molar-refractivity contribution in [3.63, 3.8) is 0 Å². The van der Waals surface area contributed by atoms with E-state index < -0.39 is 5.82 Å². The number of rotatable bonds is 3. The standard InChI is InChI=1S/C18H18FNO2/c1-12-15-6-4-3-5-14(15)11-20(12)18(21)10-13-7-8-17(22-2)16(19)9-13/h3-9,12H,10-11H2,1-2H3/t12-/m1/s1. The van der Waals surface area contributed by atoms with Gasteiger partial charge >= 0.3 is 0 Å². The number of carbonyl (C=O) groups excluding carboxylic acids is 1. The number of nitrogens with zero attached hydrogens (tertiary/aromatic N) is 1. The maximum atomic E-state index is 13.7. The summed E-state index contributed by atoms with van der Waals surface area (Å²) in [6, 6.07) is 12.8. The van der Waals surface area contributed by atoms with Crippen LogP contribution < -0.4 is 4.74 Å². The van der Waals surface area contributed by atoms with Gasteiger partial charge in [0.2, 0.25) is 5.91 Å². The van der Waals surface area contributed by atoms with Crippen LogP contribution >= 0.6 is 0 Å². The van der Waals surface area contributed by atoms with Crippen molar-refractivity contribution in [3.05, 3.63) is 65.0 Å². The molecule has 1 aliphatic rings. The summed E-state index contributed by atoms with van der Waals surface area (Å²) in [4.78, 5) is 14.4. The lowest BCUT2D eigenvalue weighted by Gasteiger charge is -2.22. The number of fused-ring (bicyclic) bond motifs is 1. The van der Waals surface area contributed by atoms with Gasteiger partial charge in [0.15, 0.2) is 11.6 Å². The molecule has 0 fully saturated rings. The van der Waals surface area contributed by atoms with Crippen molar-refractivity contribution in [1.82, 2.24) is 4.90 Å². The smallest absolute Gasteiger partial charge is 0.227 e. The summed E-state index contributed by atoms with van der Waals surface area (Å²) in [5.41, 5.74) is 3.03. The predicted octanol–water partition coefficient (Wildman–Crippen LogP) is 3.48. The van der Waals surface area contributed by atoms with Crippen LogP contribution in [0.3, 0.4) is 0 Å². The minimum Gasteiger partial charge on any atom is -0.494 e. The molecule has 0 aromatic heterocycles. The van der Waals surface area contributed by atoms with Gasteiger partial charge in [0, 0.05) is 6.54 Å². The Bertz CT molecular complexity index is 714. The molecule has 2 aromatic rings. The van der Waals surface area contributed by atoms with Gasteiger partial charge in [-0.25, -0.2) is 4.39 Å². The van der Waals surface area contributed by atoms with Gasteiger partial charge in [0.25, 0.3) is 0 Å². The summed E-state index contributed by atoms with van der Waals surface area (Å²) in [5, 5.41) is 0. The van der Waals surface area contributed by atoms with Crippen molar-refractivity contribution in [2.24, 2.45) is 0 Å². The van der Waals surface area contributed by atoms with E-state index in [0.717, 1.165) is 0 Å². The largest absolute Gasteiger partial charge is 0.494 e. The van der Waals surface area contributed by atoms with E-state index in [1.807, 2.05) is 30.0 Å². The van der Waals surface area contributed by atoms with Gasteiger partial charge in [-0.05, 0) is 35.7 Å². The monoisotopic (exact) mass is 299 g/mol. The molecule has 114 valence electrons. The molecule has 1 amide bonds. The summed E-state index contributed by atoms with van der Waals surface area (Å²) >= 11 is 0. The molecule has 0 aliphatic carbocycles. The van der Waals surface area contributed by atoms with Crippen molar-refractivity contribution in [3.8, 4) is 5.75 Å². The molecule has 0 saturated carbocycles. The highest BCUT2D eigenvalue weighted by Crippen LogP contribution is 2.33. The molecule has 0 spiro atoms. The Labute approximate surface area is 129 Å². The lowest BCUT2D eigenvalue weighted by atomic mass is 10.1. The van der Waals surface area contributed by atoms with E-state index in [1.165, 1.54) is 24.3 Å². The van der Waals surface area contributed by atoms with Gasteiger partial charge in [0.1, 0.15) is 0 Å². The first kappa shape index (κ1) is 14.6. The molecule has 0 bridgehead atoms. The molecule has 1 atom stereocenters. The van der Waals surface area contributed by atoms with Gasteiger partial charge in [-0.2, -0.15) is 0 Å². The number of amides is 1. The second-order valence-corrected chi connectivity index (χ2v) is 5.54. The van der Waals surface area contributed by atoms with Crippen LogP contribution in [0.2, 0.25) is 0 Å². The average Bonchev–Trinajstić information content (AvgIpc) is 2.85. The zero-order valence-electron chi connectivity index (χ0n) is 12.7. The van der Waals surface area contributed by atoms with E-state index in [2.05, 4.69) is 6.07 Å². The third-order valence-corrected chi connectivity index (χ3v) is 4.21. The molecule has 0 radical (unpaired) electrons. The zero-order chi connectivity index (χ0) is 15.7. The summed E-state index contributed by atoms with van der Waals surface area (Å²) in [7, 11) is 1.42. The van der Waals surface area contributed by atoms with Gasteiger partial charge < -0.3 is 9.64 Å². The van der Waals surface area contributed by atoms with Crippen molar-refractivity contribution in [2.45, 2.75) is 25.9 Å². The van der Waals surface area contributed by atoms with E-state index in [-0.39, 0.29) is 24.1 Å². The average molecular weight is 299 g/mol. The maximum absolute atomic E-state index is 13.7. The third-order valence-electron chi connectivity index (χ3n) is 4.21. The summed E-state index contributed by atoms with van der Waals surface area (Å²) in [6.45, 7) is 2.65. The van der Waals surface area contributed by atoms with Crippen LogP contribution in [0.25, 0.3) is 0 Å². The van der Waals surface area contributed by atoms with Crippen molar-refractivity contribution in [2.75, 3.05) is 7.11 Å². The van der Waals surface area contributed by atoms with Crippen LogP contribution in [0, 0.1) is 5.82 Å². The highest BCUT2D eigenvalue weighted by molar-refractivity contribution is 5.80. The predicted molar refractivity (Wildman–Crippen MR) is 82.1 cm³/mol. The minimum atomic E-state index is -0.439. The zero-order valence-corrected chi connectivity index (χ0v) is 12.7. The molecular weight excluding hydrogens is 281 g/mol. The topological polar surface area (TPSA) is 29.5 Å². The molecule has 0 unspecified atom stereocenters. The molecule has 1 heterocycles. The van der Waals surface area contributed by atoms with E-state index in [4.69, 9.17) is 4.74 Å². The van der Waals surface area contributed by atoms with Crippen molar-refractivity contribution in [1.29, 1.82) is 0 Å². The van der Waals surface area contributed by atoms with Crippen LogP contribution in [0.4, 0.5) is 4.39 Å². The van der Waals surface area contributed by atoms with E-state index in [1.54, 1.807) is 12.1 Å². The Kier molecular flexibility index (Phi) is 3.84. The van der Waals surface area contributed by atoms with Gasteiger partial charge in [-0.3, -0.25) is 4.79 Å². The van der Waals surface area contributed by atoms with Crippen LogP contribution in [-0.4, -0.2) is 17.9 Å². The van der Waals surface area contributed by atoms with Crippen LogP contribution in [-0.2, 0) is 17.8 Å². The fourth-order valence-electron chi connectivity index (χ4n) is 2.97. The Morgan fingerprint density at radius 2 is 2.09 bits per heavy atom. The Morgan fingerprint density at radius 1 is 1.32 bits per heavy atom. The third kappa shape index (κ3) is 2.56. The summed E-state index contributed by atoms with van der Waals surface area (Å²) < 4.78 is 18.6. The highest BCUT2D eigenvalue weighted by atomic mass is 19.1. The number of halogens is 1. The number of hydrogen-bond donors (Lipinski definition) is 0. The molecule has 3 nitrogen and oxygen atoms in total. The Balaban J connectivity index is 1.75. The number of ether oxygens (including phenoxy) is 1. The van der Waals surface area contributed by atoms with Crippen LogP contribution in [0.5, 0.6) is 5.75 Å². The van der Waals surface area contributed by atoms with Gasteiger partial charge in [0.05, 0.1) is 19.6 Å². The fraction of sp³-hybridized carbons (Fsp3) is 0.278. The second-order valence-electron chi connectivity index (χ2n) is 5.54. The highest BCUT2D eigenvalue weighted by Gasteiger charge is 2.29. The summed E-state index contributed by atoms with van der Waals surface area (Å²) in [6.07, 6.45) is 0.194. The first-order chi connectivity index (χ1) is 10.6. The Morgan fingerprint density at radius 3 is 2.77 bits per heavy atom. The molecule has 3 rings (SSSR count). The molecule has 2 aromatic carbocycles. The second kappa shape index (κ2) is 5.79. The van der Waals surface area contributed by atoms with Gasteiger partial charge in [-0.15, -0.1) is 0 Å². The van der Waals surface area contributed by atoms with E-state index in [0.29, 0.717) is 12.1 Å². The Hall–Kier alpha value is -2.36. The lowest BCUT2D eigenvalue weighted by molar-refractivity contribution is -0.132. The van der Waals surface area contributed by atoms with Gasteiger partial charge in [-0.1, -0.05) is 30.3 Å². The van der Waals surface area contributed by atoms with Crippen LogP contribution in [0.1, 0.15) is 29.7 Å². The van der Waals surface area contributed by atoms with Crippen LogP contribution in [0.15, 0.2) is 42.5 Å². The summed E-state index contributed by atoms with van der Waals surface area (Å²) in [5.74, 6) is -0.239. The van der Waals surface area contributed by atoms with E-state index >= 15 is 0 Å². The number of hydrogen-bond acceptors (Lipinski definition) is 2. The van der Waals surface area contributed by atoms with Crippen molar-refractivity contribution < 1.29 is 13.9 Å². The SMILES string of the molecule is COc1ccc(CC(=O)N2Cc3ccccc3[C@H]2C)cc1F. The quantitative estimate of drug-likeness (QED) is 0.868. The number of methoxy groups -OCH3 is 1. The van der Waals surface area contributed by atoms with Crippen molar-refractivity contribution >= 4 is 5.91 Å².